The van der Waals surface area contributed by atoms with Crippen molar-refractivity contribution < 1.29 is 27.1 Å². The topological polar surface area (TPSA) is 77.8 Å². The number of carbonyl (C=O) groups excluding carboxylic acids is 1. The first-order valence-electron chi connectivity index (χ1n) is 7.58. The zero-order chi connectivity index (χ0) is 18.9. The number of Topliss-reactive ketones (excluding diaryl/α,β-unsaturated/α-hetero) is 1. The Balaban J connectivity index is 0.00000261. The normalized spacial score (nSPS) is 19.5. The van der Waals surface area contributed by atoms with Crippen LogP contribution in [-0.4, -0.2) is 31.3 Å². The van der Waals surface area contributed by atoms with Crippen LogP contribution in [0.2, 0.25) is 0 Å². The van der Waals surface area contributed by atoms with Crippen LogP contribution in [0.25, 0.3) is 0 Å². The molecule has 0 spiro atoms. The summed E-state index contributed by atoms with van der Waals surface area (Å²) in [6, 6.07) is 5.07. The number of amidine groups is 1. The highest BCUT2D eigenvalue weighted by Gasteiger charge is 2.46. The molecule has 5 nitrogen and oxygen atoms in total. The van der Waals surface area contributed by atoms with E-state index >= 15 is 0 Å². The van der Waals surface area contributed by atoms with E-state index in [0.717, 1.165) is 6.07 Å². The number of alkyl halides is 2. The first-order valence-corrected chi connectivity index (χ1v) is 8.37. The Bertz CT molecular complexity index is 875. The summed E-state index contributed by atoms with van der Waals surface area (Å²) < 4.78 is 52.7. The molecule has 0 bridgehead atoms. The number of nitrogens with two attached hydrogens (primary N) is 1. The number of hydrogen-bond acceptors (Lipinski definition) is 5. The van der Waals surface area contributed by atoms with Crippen molar-refractivity contribution in [3.63, 3.8) is 0 Å². The molecule has 0 aliphatic carbocycles. The van der Waals surface area contributed by atoms with Crippen LogP contribution < -0.4 is 5.73 Å². The van der Waals surface area contributed by atoms with Crippen LogP contribution >= 0.6 is 28.3 Å². The number of halogens is 5. The standard InChI is InChI=1S/C17H14BrF3N2O3.ClH/c18-10-5-14(26-6-10)13(24)4-9-1-2-12(19)11(3-9)17(16(20)21)8-25-7-15(22)23-17;/h1-3,5-6,16H,4,7-8H2,(H2,22,23);1H/t17-;/m0./s1. The third-order valence-electron chi connectivity index (χ3n) is 3.98. The average Bonchev–Trinajstić information content (AvgIpc) is 3.03. The molecule has 2 N–H and O–H groups in total. The van der Waals surface area contributed by atoms with E-state index in [1.165, 1.54) is 24.5 Å². The first kappa shape index (κ1) is 21.5. The molecule has 0 saturated carbocycles. The summed E-state index contributed by atoms with van der Waals surface area (Å²) in [5.41, 5.74) is 3.28. The van der Waals surface area contributed by atoms with Gasteiger partial charge < -0.3 is 14.9 Å². The van der Waals surface area contributed by atoms with Gasteiger partial charge in [-0.25, -0.2) is 13.2 Å². The summed E-state index contributed by atoms with van der Waals surface area (Å²) in [5.74, 6) is -1.28. The minimum absolute atomic E-state index is 0. The molecule has 27 heavy (non-hydrogen) atoms. The molecule has 1 aliphatic rings. The van der Waals surface area contributed by atoms with Gasteiger partial charge in [0.15, 0.2) is 11.3 Å². The molecule has 1 atom stereocenters. The van der Waals surface area contributed by atoms with Crippen molar-refractivity contribution in [3.8, 4) is 0 Å². The maximum atomic E-state index is 14.3. The van der Waals surface area contributed by atoms with E-state index in [2.05, 4.69) is 20.9 Å². The minimum atomic E-state index is -3.04. The Morgan fingerprint density at radius 1 is 1.37 bits per heavy atom. The average molecular weight is 468 g/mol. The molecule has 3 rings (SSSR count). The Hall–Kier alpha value is -1.84. The molecular formula is C17H15BrClF3N2O3. The maximum Gasteiger partial charge on any atom is 0.269 e. The van der Waals surface area contributed by atoms with E-state index in [-0.39, 0.29) is 48.4 Å². The van der Waals surface area contributed by atoms with Crippen LogP contribution in [0.4, 0.5) is 13.2 Å². The molecule has 2 aromatic rings. The summed E-state index contributed by atoms with van der Waals surface area (Å²) in [6.07, 6.45) is -1.83. The van der Waals surface area contributed by atoms with Crippen molar-refractivity contribution in [3.05, 3.63) is 57.7 Å². The molecule has 0 amide bonds. The number of furan rings is 1. The second kappa shape index (κ2) is 8.45. The maximum absolute atomic E-state index is 14.3. The monoisotopic (exact) mass is 466 g/mol. The highest BCUT2D eigenvalue weighted by atomic mass is 79.9. The van der Waals surface area contributed by atoms with Crippen LogP contribution in [0.3, 0.4) is 0 Å². The molecular weight excluding hydrogens is 453 g/mol. The van der Waals surface area contributed by atoms with Crippen molar-refractivity contribution in [2.45, 2.75) is 18.4 Å². The van der Waals surface area contributed by atoms with Crippen LogP contribution in [0.1, 0.15) is 21.7 Å². The Morgan fingerprint density at radius 2 is 2.11 bits per heavy atom. The quantitative estimate of drug-likeness (QED) is 0.677. The molecule has 146 valence electrons. The molecule has 2 heterocycles. The lowest BCUT2D eigenvalue weighted by molar-refractivity contribution is -0.0146. The van der Waals surface area contributed by atoms with Gasteiger partial charge in [0, 0.05) is 18.1 Å². The number of hydrogen-bond donors (Lipinski definition) is 1. The van der Waals surface area contributed by atoms with Crippen LogP contribution in [0.5, 0.6) is 0 Å². The third kappa shape index (κ3) is 4.36. The number of rotatable bonds is 5. The summed E-state index contributed by atoms with van der Waals surface area (Å²) >= 11 is 3.17. The number of aliphatic imine (C=N–C) groups is 1. The Morgan fingerprint density at radius 3 is 2.70 bits per heavy atom. The van der Waals surface area contributed by atoms with Gasteiger partial charge in [-0.3, -0.25) is 9.79 Å². The van der Waals surface area contributed by atoms with E-state index in [9.17, 15) is 18.0 Å². The highest BCUT2D eigenvalue weighted by Crippen LogP contribution is 2.37. The van der Waals surface area contributed by atoms with E-state index < -0.39 is 24.4 Å². The zero-order valence-corrected chi connectivity index (χ0v) is 16.2. The van der Waals surface area contributed by atoms with Gasteiger partial charge in [-0.1, -0.05) is 6.07 Å². The van der Waals surface area contributed by atoms with E-state index in [1.807, 2.05) is 0 Å². The number of ketones is 1. The van der Waals surface area contributed by atoms with E-state index in [4.69, 9.17) is 14.9 Å². The van der Waals surface area contributed by atoms with Gasteiger partial charge >= 0.3 is 0 Å². The number of carbonyl (C=O) groups is 1. The molecule has 1 aromatic carbocycles. The molecule has 0 radical (unpaired) electrons. The van der Waals surface area contributed by atoms with Gasteiger partial charge in [-0.2, -0.15) is 0 Å². The largest absolute Gasteiger partial charge is 0.460 e. The SMILES string of the molecule is Cl.NC1=N[C@@](c2cc(CC(=O)c3cc(Br)co3)ccc2F)(C(F)F)COC1. The van der Waals surface area contributed by atoms with Crippen LogP contribution in [-0.2, 0) is 16.7 Å². The second-order valence-corrected chi connectivity index (χ2v) is 6.78. The number of benzene rings is 1. The molecule has 0 unspecified atom stereocenters. The van der Waals surface area contributed by atoms with Gasteiger partial charge in [0.1, 0.15) is 24.5 Å². The lowest BCUT2D eigenvalue weighted by Crippen LogP contribution is -2.45. The fourth-order valence-electron chi connectivity index (χ4n) is 2.75. The van der Waals surface area contributed by atoms with Gasteiger partial charge in [0.05, 0.1) is 11.1 Å². The van der Waals surface area contributed by atoms with Crippen molar-refractivity contribution >= 4 is 40.0 Å². The van der Waals surface area contributed by atoms with Crippen molar-refractivity contribution in [1.82, 2.24) is 0 Å². The summed E-state index contributed by atoms with van der Waals surface area (Å²) in [4.78, 5) is 16.0. The van der Waals surface area contributed by atoms with E-state index in [1.54, 1.807) is 0 Å². The Labute approximate surface area is 167 Å². The van der Waals surface area contributed by atoms with Gasteiger partial charge in [-0.05, 0) is 33.6 Å². The first-order chi connectivity index (χ1) is 12.3. The van der Waals surface area contributed by atoms with Gasteiger partial charge in [-0.15, -0.1) is 12.4 Å². The predicted octanol–water partition coefficient (Wildman–Crippen LogP) is 3.88. The zero-order valence-electron chi connectivity index (χ0n) is 13.8. The summed E-state index contributed by atoms with van der Waals surface area (Å²) in [6.45, 7) is -0.605. The second-order valence-electron chi connectivity index (χ2n) is 5.86. The van der Waals surface area contributed by atoms with Crippen molar-refractivity contribution in [2.24, 2.45) is 10.7 Å². The van der Waals surface area contributed by atoms with Crippen molar-refractivity contribution in [1.29, 1.82) is 0 Å². The van der Waals surface area contributed by atoms with E-state index in [0.29, 0.717) is 10.0 Å². The Kier molecular flexibility index (Phi) is 6.72. The number of nitrogens with zero attached hydrogens (tertiary/aromatic N) is 1. The fraction of sp³-hybridized carbons (Fsp3) is 0.294. The smallest absolute Gasteiger partial charge is 0.269 e. The van der Waals surface area contributed by atoms with Gasteiger partial charge in [0.2, 0.25) is 5.78 Å². The molecule has 0 fully saturated rings. The minimum Gasteiger partial charge on any atom is -0.460 e. The molecule has 1 aromatic heterocycles. The van der Waals surface area contributed by atoms with Crippen LogP contribution in [0.15, 0.2) is 44.4 Å². The van der Waals surface area contributed by atoms with Crippen molar-refractivity contribution in [2.75, 3.05) is 13.2 Å². The number of ether oxygens (including phenoxy) is 1. The fourth-order valence-corrected chi connectivity index (χ4v) is 3.05. The molecule has 0 saturated heterocycles. The third-order valence-corrected chi connectivity index (χ3v) is 4.40. The lowest BCUT2D eigenvalue weighted by Gasteiger charge is -2.33. The van der Waals surface area contributed by atoms with Crippen LogP contribution in [0, 0.1) is 5.82 Å². The highest BCUT2D eigenvalue weighted by molar-refractivity contribution is 9.10. The summed E-state index contributed by atoms with van der Waals surface area (Å²) in [7, 11) is 0. The summed E-state index contributed by atoms with van der Waals surface area (Å²) in [5, 5.41) is 0. The molecule has 1 aliphatic heterocycles. The molecule has 10 heteroatoms. The van der Waals surface area contributed by atoms with Gasteiger partial charge in [0.25, 0.3) is 6.43 Å². The predicted molar refractivity (Wildman–Crippen MR) is 98.2 cm³/mol. The lowest BCUT2D eigenvalue weighted by atomic mass is 9.88.